The van der Waals surface area contributed by atoms with Crippen molar-refractivity contribution in [3.05, 3.63) is 65.0 Å². The summed E-state index contributed by atoms with van der Waals surface area (Å²) in [5.74, 6) is -0.445. The van der Waals surface area contributed by atoms with E-state index in [0.29, 0.717) is 30.8 Å². The first-order valence-corrected chi connectivity index (χ1v) is 15.0. The van der Waals surface area contributed by atoms with Crippen LogP contribution in [0.15, 0.2) is 59.5 Å². The van der Waals surface area contributed by atoms with Gasteiger partial charge in [0.2, 0.25) is 15.9 Å². The normalized spacial score (nSPS) is 17.2. The highest BCUT2D eigenvalue weighted by atomic mass is 32.2. The van der Waals surface area contributed by atoms with Crippen molar-refractivity contribution in [2.75, 3.05) is 19.6 Å². The molecule has 8 nitrogen and oxygen atoms in total. The van der Waals surface area contributed by atoms with E-state index in [0.717, 1.165) is 16.5 Å². The molecule has 0 saturated carbocycles. The van der Waals surface area contributed by atoms with E-state index < -0.39 is 16.1 Å². The number of carbonyl (C=O) groups excluding carboxylic acids is 2. The average Bonchev–Trinajstić information content (AvgIpc) is 3.36. The summed E-state index contributed by atoms with van der Waals surface area (Å²) in [5.41, 5.74) is 0.119. The first-order chi connectivity index (χ1) is 18.2. The minimum absolute atomic E-state index is 0.00753. The first-order valence-electron chi connectivity index (χ1n) is 12.8. The van der Waals surface area contributed by atoms with Crippen molar-refractivity contribution in [1.82, 2.24) is 14.9 Å². The summed E-state index contributed by atoms with van der Waals surface area (Å²) in [6.07, 6.45) is 1.92. The van der Waals surface area contributed by atoms with Gasteiger partial charge in [0.15, 0.2) is 0 Å². The third-order valence-electron chi connectivity index (χ3n) is 6.65. The van der Waals surface area contributed by atoms with Gasteiger partial charge < -0.3 is 10.6 Å². The SMILES string of the molecule is CC(C)C[C@H](NC(=O)c1cc2ccccc2s1)C(=O)NCC1CCCN(S(=O)(=O)c2ccccc2C#N)C1. The van der Waals surface area contributed by atoms with Crippen molar-refractivity contribution < 1.29 is 18.0 Å². The second-order valence-corrected chi connectivity index (χ2v) is 13.0. The lowest BCUT2D eigenvalue weighted by atomic mass is 9.99. The summed E-state index contributed by atoms with van der Waals surface area (Å²) < 4.78 is 28.9. The molecular weight excluding hydrogens is 520 g/mol. The van der Waals surface area contributed by atoms with E-state index in [-0.39, 0.29) is 40.7 Å². The molecule has 0 radical (unpaired) electrons. The van der Waals surface area contributed by atoms with Crippen LogP contribution >= 0.6 is 11.3 Å². The summed E-state index contributed by atoms with van der Waals surface area (Å²) in [5, 5.41) is 16.2. The van der Waals surface area contributed by atoms with Crippen molar-refractivity contribution in [2.45, 2.75) is 44.0 Å². The molecule has 2 aromatic carbocycles. The maximum absolute atomic E-state index is 13.2. The van der Waals surface area contributed by atoms with Gasteiger partial charge in [-0.25, -0.2) is 8.42 Å². The van der Waals surface area contributed by atoms with E-state index in [1.807, 2.05) is 50.2 Å². The van der Waals surface area contributed by atoms with E-state index in [1.165, 1.54) is 27.8 Å². The summed E-state index contributed by atoms with van der Waals surface area (Å²) in [7, 11) is -3.82. The molecule has 2 N–H and O–H groups in total. The predicted molar refractivity (Wildman–Crippen MR) is 148 cm³/mol. The van der Waals surface area contributed by atoms with Crippen LogP contribution in [0.4, 0.5) is 0 Å². The van der Waals surface area contributed by atoms with Gasteiger partial charge >= 0.3 is 0 Å². The van der Waals surface area contributed by atoms with E-state index in [1.54, 1.807) is 12.1 Å². The Morgan fingerprint density at radius 3 is 2.63 bits per heavy atom. The Morgan fingerprint density at radius 2 is 1.89 bits per heavy atom. The Morgan fingerprint density at radius 1 is 1.16 bits per heavy atom. The molecule has 4 rings (SSSR count). The van der Waals surface area contributed by atoms with Gasteiger partial charge in [0.1, 0.15) is 12.1 Å². The van der Waals surface area contributed by atoms with Crippen LogP contribution in [0.25, 0.3) is 10.1 Å². The fourth-order valence-corrected chi connectivity index (χ4v) is 7.39. The van der Waals surface area contributed by atoms with Crippen molar-refractivity contribution >= 4 is 43.3 Å². The number of fused-ring (bicyclic) bond motifs is 1. The standard InChI is InChI=1S/C28H32N4O4S2/c1-19(2)14-23(31-28(34)25-15-21-9-3-5-11-24(21)37-25)27(33)30-17-20-8-7-13-32(18-20)38(35,36)26-12-6-4-10-22(26)16-29/h3-6,9-12,15,19-20,23H,7-8,13-14,17-18H2,1-2H3,(H,30,33)(H,31,34)/t20?,23-/m0/s1. The number of rotatable bonds is 9. The maximum atomic E-state index is 13.2. The minimum atomic E-state index is -3.82. The number of carbonyl (C=O) groups is 2. The number of sulfonamides is 1. The number of thiophene rings is 1. The number of hydrogen-bond acceptors (Lipinski definition) is 6. The van der Waals surface area contributed by atoms with Crippen LogP contribution in [0.2, 0.25) is 0 Å². The predicted octanol–water partition coefficient (Wildman–Crippen LogP) is 4.13. The maximum Gasteiger partial charge on any atom is 0.262 e. The Kier molecular flexibility index (Phi) is 8.82. The zero-order valence-corrected chi connectivity index (χ0v) is 23.1. The molecule has 1 aromatic heterocycles. The summed E-state index contributed by atoms with van der Waals surface area (Å²) >= 11 is 1.39. The van der Waals surface area contributed by atoms with E-state index >= 15 is 0 Å². The number of nitrogens with zero attached hydrogens (tertiary/aromatic N) is 2. The van der Waals surface area contributed by atoms with Gasteiger partial charge in [0.25, 0.3) is 5.91 Å². The summed E-state index contributed by atoms with van der Waals surface area (Å²) in [4.78, 5) is 26.7. The molecule has 2 amide bonds. The molecule has 1 aliphatic heterocycles. The van der Waals surface area contributed by atoms with Gasteiger partial charge in [0, 0.05) is 24.3 Å². The van der Waals surface area contributed by atoms with Crippen molar-refractivity contribution in [3.63, 3.8) is 0 Å². The number of amides is 2. The molecule has 3 aromatic rings. The third-order valence-corrected chi connectivity index (χ3v) is 9.69. The van der Waals surface area contributed by atoms with Crippen molar-refractivity contribution in [2.24, 2.45) is 11.8 Å². The molecule has 1 aliphatic rings. The molecule has 1 saturated heterocycles. The smallest absolute Gasteiger partial charge is 0.262 e. The van der Waals surface area contributed by atoms with Crippen LogP contribution in [0, 0.1) is 23.2 Å². The fourth-order valence-electron chi connectivity index (χ4n) is 4.73. The van der Waals surface area contributed by atoms with Crippen LogP contribution in [-0.2, 0) is 14.8 Å². The summed E-state index contributed by atoms with van der Waals surface area (Å²) in [6, 6.07) is 17.1. The highest BCUT2D eigenvalue weighted by Gasteiger charge is 2.32. The van der Waals surface area contributed by atoms with Gasteiger partial charge in [-0.15, -0.1) is 11.3 Å². The zero-order chi connectivity index (χ0) is 27.3. The molecule has 10 heteroatoms. The van der Waals surface area contributed by atoms with Gasteiger partial charge in [-0.2, -0.15) is 9.57 Å². The van der Waals surface area contributed by atoms with Crippen LogP contribution in [-0.4, -0.2) is 50.2 Å². The average molecular weight is 553 g/mol. The van der Waals surface area contributed by atoms with Crippen LogP contribution in [0.1, 0.15) is 48.3 Å². The highest BCUT2D eigenvalue weighted by Crippen LogP contribution is 2.27. The molecule has 2 heterocycles. The third kappa shape index (κ3) is 6.41. The Bertz CT molecular complexity index is 1430. The Labute approximate surface area is 227 Å². The minimum Gasteiger partial charge on any atom is -0.354 e. The number of nitriles is 1. The largest absolute Gasteiger partial charge is 0.354 e. The monoisotopic (exact) mass is 552 g/mol. The molecule has 2 atom stereocenters. The fraction of sp³-hybridized carbons (Fsp3) is 0.393. The quantitative estimate of drug-likeness (QED) is 0.414. The van der Waals surface area contributed by atoms with Crippen LogP contribution in [0.3, 0.4) is 0 Å². The van der Waals surface area contributed by atoms with Crippen molar-refractivity contribution in [3.8, 4) is 6.07 Å². The Balaban J connectivity index is 1.39. The van der Waals surface area contributed by atoms with E-state index in [4.69, 9.17) is 0 Å². The second kappa shape index (κ2) is 12.1. The lowest BCUT2D eigenvalue weighted by Gasteiger charge is -2.32. The van der Waals surface area contributed by atoms with E-state index in [9.17, 15) is 23.3 Å². The topological polar surface area (TPSA) is 119 Å². The lowest BCUT2D eigenvalue weighted by Crippen LogP contribution is -2.50. The molecule has 0 spiro atoms. The van der Waals surface area contributed by atoms with Crippen molar-refractivity contribution in [1.29, 1.82) is 5.26 Å². The van der Waals surface area contributed by atoms with Gasteiger partial charge in [-0.1, -0.05) is 44.2 Å². The van der Waals surface area contributed by atoms with Crippen LogP contribution in [0.5, 0.6) is 0 Å². The first kappa shape index (κ1) is 27.8. The molecule has 1 fully saturated rings. The van der Waals surface area contributed by atoms with Gasteiger partial charge in [0.05, 0.1) is 15.3 Å². The number of benzene rings is 2. The van der Waals surface area contributed by atoms with Gasteiger partial charge in [-0.05, 0) is 60.7 Å². The molecule has 0 aliphatic carbocycles. The molecule has 200 valence electrons. The molecule has 1 unspecified atom stereocenters. The lowest BCUT2D eigenvalue weighted by molar-refractivity contribution is -0.123. The summed E-state index contributed by atoms with van der Waals surface area (Å²) in [6.45, 7) is 4.92. The number of piperidine rings is 1. The highest BCUT2D eigenvalue weighted by molar-refractivity contribution is 7.89. The number of hydrogen-bond donors (Lipinski definition) is 2. The van der Waals surface area contributed by atoms with E-state index in [2.05, 4.69) is 10.6 Å². The molecular formula is C28H32N4O4S2. The zero-order valence-electron chi connectivity index (χ0n) is 21.5. The second-order valence-electron chi connectivity index (χ2n) is 10.0. The number of nitrogens with one attached hydrogen (secondary N) is 2. The van der Waals surface area contributed by atoms with Crippen LogP contribution < -0.4 is 10.6 Å². The molecule has 0 bridgehead atoms. The van der Waals surface area contributed by atoms with Gasteiger partial charge in [-0.3, -0.25) is 9.59 Å². The molecule has 38 heavy (non-hydrogen) atoms. The Hall–Kier alpha value is -3.26.